The van der Waals surface area contributed by atoms with Crippen molar-refractivity contribution in [2.24, 2.45) is 11.7 Å². The molecule has 4 rings (SSSR count). The molecule has 0 spiro atoms. The van der Waals surface area contributed by atoms with Crippen LogP contribution in [0.3, 0.4) is 0 Å². The Labute approximate surface area is 223 Å². The van der Waals surface area contributed by atoms with Crippen LogP contribution in [-0.2, 0) is 31.2 Å². The van der Waals surface area contributed by atoms with Gasteiger partial charge in [0.15, 0.2) is 9.84 Å². The van der Waals surface area contributed by atoms with Gasteiger partial charge < -0.3 is 11.1 Å². The summed E-state index contributed by atoms with van der Waals surface area (Å²) in [5.74, 6) is 0.519. The van der Waals surface area contributed by atoms with Crippen molar-refractivity contribution < 1.29 is 21.6 Å². The van der Waals surface area contributed by atoms with Gasteiger partial charge in [0.05, 0.1) is 17.0 Å². The molecule has 2 aromatic carbocycles. The molecule has 1 aliphatic heterocycles. The van der Waals surface area contributed by atoms with Crippen molar-refractivity contribution in [2.45, 2.75) is 36.2 Å². The number of fused-ring (bicyclic) bond motifs is 1. The molecule has 0 aliphatic carbocycles. The molecule has 1 saturated heterocycles. The molecule has 3 aromatic rings. The van der Waals surface area contributed by atoms with Crippen LogP contribution in [-0.4, -0.2) is 80.4 Å². The summed E-state index contributed by atoms with van der Waals surface area (Å²) in [5.41, 5.74) is 6.31. The van der Waals surface area contributed by atoms with Crippen LogP contribution in [0.15, 0.2) is 58.3 Å². The number of carbonyl (C=O) groups excluding carboxylic acids is 1. The van der Waals surface area contributed by atoms with Gasteiger partial charge in [-0.25, -0.2) is 26.8 Å². The van der Waals surface area contributed by atoms with Crippen molar-refractivity contribution in [3.8, 4) is 0 Å². The minimum Gasteiger partial charge on any atom is -0.368 e. The third kappa shape index (κ3) is 5.96. The van der Waals surface area contributed by atoms with Gasteiger partial charge in [0.1, 0.15) is 22.6 Å². The first-order chi connectivity index (χ1) is 17.9. The third-order valence-corrected chi connectivity index (χ3v) is 9.72. The number of aromatic nitrogens is 2. The van der Waals surface area contributed by atoms with E-state index in [0.29, 0.717) is 36.8 Å². The van der Waals surface area contributed by atoms with Gasteiger partial charge in [0.2, 0.25) is 15.9 Å². The molecule has 0 saturated carbocycles. The minimum absolute atomic E-state index is 0.0486. The number of amides is 1. The molecule has 1 aliphatic rings. The number of benzene rings is 2. The van der Waals surface area contributed by atoms with Gasteiger partial charge in [0.25, 0.3) is 0 Å². The number of para-hydroxylation sites is 1. The number of anilines is 1. The molecule has 1 atom stereocenters. The molecule has 11 nitrogen and oxygen atoms in total. The summed E-state index contributed by atoms with van der Waals surface area (Å²) in [7, 11) is -7.71. The molecule has 1 amide bonds. The van der Waals surface area contributed by atoms with Gasteiger partial charge in [0, 0.05) is 37.8 Å². The fourth-order valence-electron chi connectivity index (χ4n) is 4.46. The van der Waals surface area contributed by atoms with E-state index in [-0.39, 0.29) is 28.8 Å². The minimum atomic E-state index is -4.00. The topological polar surface area (TPSA) is 156 Å². The predicted octanol–water partition coefficient (Wildman–Crippen LogP) is 1.46. The lowest BCUT2D eigenvalue weighted by Gasteiger charge is -2.33. The lowest BCUT2D eigenvalue weighted by atomic mass is 10.0. The van der Waals surface area contributed by atoms with Crippen LogP contribution in [0.5, 0.6) is 0 Å². The Bertz CT molecular complexity index is 1550. The smallest absolute Gasteiger partial charge is 0.244 e. The lowest BCUT2D eigenvalue weighted by molar-refractivity contribution is -0.119. The van der Waals surface area contributed by atoms with Crippen molar-refractivity contribution in [2.75, 3.05) is 37.8 Å². The Kier molecular flexibility index (Phi) is 8.02. The summed E-state index contributed by atoms with van der Waals surface area (Å²) in [5, 5.41) is 3.95. The predicted molar refractivity (Wildman–Crippen MR) is 145 cm³/mol. The second kappa shape index (κ2) is 10.9. The summed E-state index contributed by atoms with van der Waals surface area (Å²) in [6.45, 7) is 5.37. The lowest BCUT2D eigenvalue weighted by Crippen LogP contribution is -2.48. The third-order valence-electron chi connectivity index (χ3n) is 6.48. The fraction of sp³-hybridized carbons (Fsp3) is 0.400. The van der Waals surface area contributed by atoms with E-state index >= 15 is 0 Å². The number of hydrogen-bond acceptors (Lipinski definition) is 9. The van der Waals surface area contributed by atoms with E-state index in [1.165, 1.54) is 28.6 Å². The Morgan fingerprint density at radius 3 is 2.16 bits per heavy atom. The van der Waals surface area contributed by atoms with Gasteiger partial charge >= 0.3 is 0 Å². The highest BCUT2D eigenvalue weighted by atomic mass is 32.2. The van der Waals surface area contributed by atoms with Crippen molar-refractivity contribution in [3.05, 3.63) is 54.4 Å². The van der Waals surface area contributed by atoms with Gasteiger partial charge in [-0.05, 0) is 30.2 Å². The average molecular weight is 561 g/mol. The van der Waals surface area contributed by atoms with Crippen LogP contribution < -0.4 is 11.1 Å². The number of rotatable bonds is 9. The van der Waals surface area contributed by atoms with Crippen molar-refractivity contribution in [1.29, 1.82) is 0 Å². The molecule has 0 unspecified atom stereocenters. The number of carbonyl (C=O) groups is 1. The van der Waals surface area contributed by atoms with Crippen LogP contribution in [0.4, 0.5) is 5.82 Å². The first-order valence-corrected chi connectivity index (χ1v) is 15.5. The zero-order chi connectivity index (χ0) is 27.7. The van der Waals surface area contributed by atoms with Crippen LogP contribution in [0.1, 0.15) is 19.7 Å². The molecule has 13 heteroatoms. The molecule has 1 fully saturated rings. The molecule has 38 heavy (non-hydrogen) atoms. The highest BCUT2D eigenvalue weighted by Gasteiger charge is 2.32. The largest absolute Gasteiger partial charge is 0.368 e. The highest BCUT2D eigenvalue weighted by Crippen LogP contribution is 2.26. The fourth-order valence-corrected chi connectivity index (χ4v) is 7.48. The SMILES string of the molecule is CC(C)[C@H](Nc1nc(CN2CCN(S(=O)(=O)c3ccccc3S(C)(=O)=O)CC2)nc2ccccc12)C(N)=O. The zero-order valence-electron chi connectivity index (χ0n) is 21.5. The van der Waals surface area contributed by atoms with Gasteiger partial charge in [-0.1, -0.05) is 38.1 Å². The Hall–Kier alpha value is -3.13. The highest BCUT2D eigenvalue weighted by molar-refractivity contribution is 7.93. The maximum Gasteiger partial charge on any atom is 0.244 e. The summed E-state index contributed by atoms with van der Waals surface area (Å²) >= 11 is 0. The van der Waals surface area contributed by atoms with E-state index in [1.807, 2.05) is 43.0 Å². The van der Waals surface area contributed by atoms with Gasteiger partial charge in [-0.2, -0.15) is 4.31 Å². The number of hydrogen-bond donors (Lipinski definition) is 2. The second-order valence-electron chi connectivity index (χ2n) is 9.67. The van der Waals surface area contributed by atoms with E-state index in [4.69, 9.17) is 5.73 Å². The standard InChI is InChI=1S/C25H32N6O5S2/c1-17(2)23(24(26)32)29-25-18-8-4-5-9-19(18)27-22(28-25)16-30-12-14-31(15-13-30)38(35,36)21-11-7-6-10-20(21)37(3,33)34/h4-11,17,23H,12-16H2,1-3H3,(H2,26,32)(H,27,28,29)/t23-/m0/s1. The zero-order valence-corrected chi connectivity index (χ0v) is 23.2. The van der Waals surface area contributed by atoms with E-state index in [0.717, 1.165) is 11.6 Å². The summed E-state index contributed by atoms with van der Waals surface area (Å²) < 4.78 is 52.2. The van der Waals surface area contributed by atoms with Crippen molar-refractivity contribution in [3.63, 3.8) is 0 Å². The molecule has 204 valence electrons. The van der Waals surface area contributed by atoms with E-state index in [1.54, 1.807) is 0 Å². The first kappa shape index (κ1) is 27.9. The summed E-state index contributed by atoms with van der Waals surface area (Å²) in [6, 6.07) is 12.5. The number of nitrogens with one attached hydrogen (secondary N) is 1. The Morgan fingerprint density at radius 1 is 0.947 bits per heavy atom. The Morgan fingerprint density at radius 2 is 1.55 bits per heavy atom. The van der Waals surface area contributed by atoms with E-state index in [9.17, 15) is 21.6 Å². The number of nitrogens with two attached hydrogens (primary N) is 1. The van der Waals surface area contributed by atoms with Crippen LogP contribution in [0, 0.1) is 5.92 Å². The van der Waals surface area contributed by atoms with E-state index < -0.39 is 31.8 Å². The molecule has 0 bridgehead atoms. The maximum absolute atomic E-state index is 13.3. The molecule has 0 radical (unpaired) electrons. The number of primary amides is 1. The molecular weight excluding hydrogens is 528 g/mol. The van der Waals surface area contributed by atoms with Crippen LogP contribution >= 0.6 is 0 Å². The number of piperazine rings is 1. The van der Waals surface area contributed by atoms with Gasteiger partial charge in [-0.15, -0.1) is 0 Å². The first-order valence-electron chi connectivity index (χ1n) is 12.2. The number of nitrogens with zero attached hydrogens (tertiary/aromatic N) is 4. The van der Waals surface area contributed by atoms with E-state index in [2.05, 4.69) is 15.3 Å². The van der Waals surface area contributed by atoms with Crippen LogP contribution in [0.25, 0.3) is 10.9 Å². The van der Waals surface area contributed by atoms with Crippen LogP contribution in [0.2, 0.25) is 0 Å². The summed E-state index contributed by atoms with van der Waals surface area (Å²) in [4.78, 5) is 23.0. The van der Waals surface area contributed by atoms with Gasteiger partial charge in [-0.3, -0.25) is 9.69 Å². The second-order valence-corrected chi connectivity index (χ2v) is 13.6. The quantitative estimate of drug-likeness (QED) is 0.396. The average Bonchev–Trinajstić information content (AvgIpc) is 2.86. The molecule has 1 aromatic heterocycles. The van der Waals surface area contributed by atoms with Crippen molar-refractivity contribution >= 4 is 42.5 Å². The van der Waals surface area contributed by atoms with Crippen molar-refractivity contribution in [1.82, 2.24) is 19.2 Å². The number of sulfone groups is 1. The monoisotopic (exact) mass is 560 g/mol. The molecule has 3 N–H and O–H groups in total. The summed E-state index contributed by atoms with van der Waals surface area (Å²) in [6.07, 6.45) is 0.999. The number of sulfonamides is 1. The molecular formula is C25H32N6O5S2. The Balaban J connectivity index is 1.53. The maximum atomic E-state index is 13.3. The normalized spacial score (nSPS) is 16.5. The molecule has 2 heterocycles.